The lowest BCUT2D eigenvalue weighted by Gasteiger charge is -2.28. The van der Waals surface area contributed by atoms with E-state index in [4.69, 9.17) is 5.73 Å². The van der Waals surface area contributed by atoms with Crippen molar-refractivity contribution in [2.45, 2.75) is 102 Å². The molecule has 2 aromatic rings. The monoisotopic (exact) mass is 705 g/mol. The van der Waals surface area contributed by atoms with Crippen molar-refractivity contribution in [2.24, 2.45) is 11.7 Å². The average molecular weight is 706 g/mol. The Morgan fingerprint density at radius 2 is 1.22 bits per heavy atom. The van der Waals surface area contributed by atoms with E-state index in [1.165, 1.54) is 13.8 Å². The molecule has 12 N–H and O–H groups in total. The van der Waals surface area contributed by atoms with Crippen molar-refractivity contribution in [3.63, 3.8) is 0 Å². The van der Waals surface area contributed by atoms with Gasteiger partial charge < -0.3 is 57.7 Å². The molecular weight excluding hydrogens is 658 g/mol. The van der Waals surface area contributed by atoms with Crippen LogP contribution in [0.4, 0.5) is 0 Å². The van der Waals surface area contributed by atoms with E-state index in [-0.39, 0.29) is 18.8 Å². The zero-order valence-electron chi connectivity index (χ0n) is 28.4. The third-order valence-electron chi connectivity index (χ3n) is 7.61. The van der Waals surface area contributed by atoms with E-state index in [9.17, 15) is 54.0 Å². The van der Waals surface area contributed by atoms with Crippen molar-refractivity contribution in [1.82, 2.24) is 31.6 Å². The molecule has 0 fully saturated rings. The van der Waals surface area contributed by atoms with Crippen LogP contribution in [0, 0.1) is 5.92 Å². The van der Waals surface area contributed by atoms with Crippen molar-refractivity contribution in [1.29, 1.82) is 0 Å². The minimum Gasteiger partial charge on any atom is -0.481 e. The summed E-state index contributed by atoms with van der Waals surface area (Å²) in [5.74, 6) is -8.07. The molecule has 18 heteroatoms. The number of aromatic amines is 1. The number of benzene rings is 1. The fourth-order valence-electron chi connectivity index (χ4n) is 4.96. The number of para-hydroxylation sites is 1. The van der Waals surface area contributed by atoms with Gasteiger partial charge >= 0.3 is 11.9 Å². The van der Waals surface area contributed by atoms with Gasteiger partial charge in [-0.15, -0.1) is 0 Å². The molecule has 1 heterocycles. The molecule has 1 aromatic heterocycles. The zero-order valence-corrected chi connectivity index (χ0v) is 28.4. The topological polar surface area (TPSA) is 302 Å². The van der Waals surface area contributed by atoms with Gasteiger partial charge in [-0.1, -0.05) is 32.0 Å². The number of hydrogen-bond acceptors (Lipinski definition) is 10. The smallest absolute Gasteiger partial charge is 0.328 e. The van der Waals surface area contributed by atoms with E-state index in [0.717, 1.165) is 17.8 Å². The predicted octanol–water partition coefficient (Wildman–Crippen LogP) is -2.15. The van der Waals surface area contributed by atoms with Crippen molar-refractivity contribution in [3.05, 3.63) is 36.0 Å². The summed E-state index contributed by atoms with van der Waals surface area (Å²) in [5, 5.41) is 51.2. The maximum absolute atomic E-state index is 13.9. The number of fused-ring (bicyclic) bond motifs is 1. The summed E-state index contributed by atoms with van der Waals surface area (Å²) in [6, 6.07) is -1.75. The minimum atomic E-state index is -1.81. The van der Waals surface area contributed by atoms with Crippen LogP contribution in [0.5, 0.6) is 0 Å². The first-order valence-corrected chi connectivity index (χ1v) is 15.9. The summed E-state index contributed by atoms with van der Waals surface area (Å²) < 4.78 is 0. The van der Waals surface area contributed by atoms with Crippen LogP contribution in [0.15, 0.2) is 30.5 Å². The predicted molar refractivity (Wildman–Crippen MR) is 178 cm³/mol. The third-order valence-corrected chi connectivity index (χ3v) is 7.61. The van der Waals surface area contributed by atoms with Crippen LogP contribution in [0.1, 0.15) is 53.0 Å². The molecule has 0 aliphatic carbocycles. The first-order valence-electron chi connectivity index (χ1n) is 15.9. The van der Waals surface area contributed by atoms with Gasteiger partial charge in [0.1, 0.15) is 24.2 Å². The van der Waals surface area contributed by atoms with E-state index < -0.39 is 96.4 Å². The minimum absolute atomic E-state index is 0.0150. The van der Waals surface area contributed by atoms with Gasteiger partial charge in [-0.05, 0) is 44.7 Å². The number of H-pyrrole nitrogens is 1. The van der Waals surface area contributed by atoms with Crippen LogP contribution in [-0.2, 0) is 40.0 Å². The van der Waals surface area contributed by atoms with Crippen LogP contribution in [-0.4, -0.2) is 115 Å². The maximum Gasteiger partial charge on any atom is 0.328 e. The van der Waals surface area contributed by atoms with E-state index in [2.05, 4.69) is 26.3 Å². The average Bonchev–Trinajstić information content (AvgIpc) is 3.42. The highest BCUT2D eigenvalue weighted by Crippen LogP contribution is 2.20. The largest absolute Gasteiger partial charge is 0.481 e. The standard InChI is InChI=1S/C32H47N7O11/c1-14(2)10-21(28(45)36-23(12-24(42)43)30(47)39-26(17(5)41)32(49)50)35-29(46)22(11-18-13-34-20-9-7-6-8-19(18)20)37-31(48)25(16(4)40)38-27(44)15(3)33/h6-9,13-17,21-23,25-26,34,40-41H,10-12,33H2,1-5H3,(H,35,46)(H,36,45)(H,37,48)(H,38,44)(H,39,47)(H,42,43)(H,49,50). The second-order valence-electron chi connectivity index (χ2n) is 12.6. The molecule has 276 valence electrons. The van der Waals surface area contributed by atoms with E-state index in [1.807, 2.05) is 5.32 Å². The highest BCUT2D eigenvalue weighted by Gasteiger charge is 2.35. The highest BCUT2D eigenvalue weighted by molar-refractivity contribution is 5.97. The lowest BCUT2D eigenvalue weighted by molar-refractivity contribution is -0.146. The summed E-state index contributed by atoms with van der Waals surface area (Å²) in [7, 11) is 0. The molecule has 0 spiro atoms. The Morgan fingerprint density at radius 1 is 0.700 bits per heavy atom. The molecule has 0 saturated carbocycles. The van der Waals surface area contributed by atoms with Crippen LogP contribution < -0.4 is 32.3 Å². The first-order chi connectivity index (χ1) is 23.3. The number of aliphatic hydroxyl groups excluding tert-OH is 2. The SMILES string of the molecule is CC(C)CC(NC(=O)C(Cc1c[nH]c2ccccc12)NC(=O)C(NC(=O)C(C)N)C(C)O)C(=O)NC(CC(=O)O)C(=O)NC(C(=O)O)C(C)O. The van der Waals surface area contributed by atoms with Gasteiger partial charge in [0, 0.05) is 23.5 Å². The van der Waals surface area contributed by atoms with E-state index in [0.29, 0.717) is 5.56 Å². The summed E-state index contributed by atoms with van der Waals surface area (Å²) in [4.78, 5) is 92.1. The number of amides is 5. The van der Waals surface area contributed by atoms with Crippen molar-refractivity contribution in [3.8, 4) is 0 Å². The molecule has 8 atom stereocenters. The number of carboxylic acids is 2. The Kier molecular flexibility index (Phi) is 15.3. The van der Waals surface area contributed by atoms with Crippen molar-refractivity contribution < 1.29 is 54.0 Å². The molecule has 50 heavy (non-hydrogen) atoms. The Hall–Kier alpha value is -5.07. The number of carbonyl (C=O) groups excluding carboxylic acids is 5. The molecular formula is C32H47N7O11. The van der Waals surface area contributed by atoms with E-state index in [1.54, 1.807) is 44.3 Å². The van der Waals surface area contributed by atoms with Crippen LogP contribution in [0.2, 0.25) is 0 Å². The number of nitrogens with one attached hydrogen (secondary N) is 6. The van der Waals surface area contributed by atoms with Crippen LogP contribution >= 0.6 is 0 Å². The Morgan fingerprint density at radius 3 is 1.76 bits per heavy atom. The molecule has 1 aromatic carbocycles. The lowest BCUT2D eigenvalue weighted by Crippen LogP contribution is -2.61. The number of aromatic nitrogens is 1. The van der Waals surface area contributed by atoms with Crippen LogP contribution in [0.3, 0.4) is 0 Å². The molecule has 0 bridgehead atoms. The zero-order chi connectivity index (χ0) is 37.9. The summed E-state index contributed by atoms with van der Waals surface area (Å²) in [6.07, 6.45) is -2.42. The van der Waals surface area contributed by atoms with Gasteiger partial charge in [0.2, 0.25) is 29.5 Å². The number of rotatable bonds is 19. The fourth-order valence-corrected chi connectivity index (χ4v) is 4.96. The fraction of sp³-hybridized carbons (Fsp3) is 0.531. The Balaban J connectivity index is 2.43. The quantitative estimate of drug-likeness (QED) is 0.0746. The lowest BCUT2D eigenvalue weighted by atomic mass is 10.00. The number of carboxylic acid groups (broad SMARTS) is 2. The van der Waals surface area contributed by atoms with Gasteiger partial charge in [-0.3, -0.25) is 28.8 Å². The molecule has 2 rings (SSSR count). The second kappa shape index (κ2) is 18.6. The normalized spacial score (nSPS) is 16.1. The number of aliphatic carboxylic acids is 2. The Labute approximate surface area is 287 Å². The van der Waals surface area contributed by atoms with Gasteiger partial charge in [0.05, 0.1) is 24.7 Å². The van der Waals surface area contributed by atoms with Crippen molar-refractivity contribution in [2.75, 3.05) is 0 Å². The van der Waals surface area contributed by atoms with Gasteiger partial charge in [-0.25, -0.2) is 4.79 Å². The number of hydrogen-bond donors (Lipinski definition) is 11. The molecule has 8 unspecified atom stereocenters. The molecule has 0 aliphatic heterocycles. The van der Waals surface area contributed by atoms with Crippen molar-refractivity contribution >= 4 is 52.4 Å². The first kappa shape index (κ1) is 41.1. The van der Waals surface area contributed by atoms with Gasteiger partial charge in [0.25, 0.3) is 0 Å². The van der Waals surface area contributed by atoms with Crippen LogP contribution in [0.25, 0.3) is 10.9 Å². The number of nitrogens with two attached hydrogens (primary N) is 1. The second-order valence-corrected chi connectivity index (χ2v) is 12.6. The summed E-state index contributed by atoms with van der Waals surface area (Å²) in [5.41, 5.74) is 6.94. The molecule has 0 aliphatic rings. The summed E-state index contributed by atoms with van der Waals surface area (Å²) >= 11 is 0. The highest BCUT2D eigenvalue weighted by atomic mass is 16.4. The van der Waals surface area contributed by atoms with Gasteiger partial charge in [0.15, 0.2) is 6.04 Å². The molecule has 0 saturated heterocycles. The maximum atomic E-state index is 13.9. The molecule has 5 amide bonds. The summed E-state index contributed by atoms with van der Waals surface area (Å²) in [6.45, 7) is 7.19. The number of carbonyl (C=O) groups is 7. The molecule has 18 nitrogen and oxygen atoms in total. The Bertz CT molecular complexity index is 1540. The van der Waals surface area contributed by atoms with E-state index >= 15 is 0 Å². The number of aliphatic hydroxyl groups is 2. The molecule has 0 radical (unpaired) electrons. The van der Waals surface area contributed by atoms with Gasteiger partial charge in [-0.2, -0.15) is 0 Å². The third kappa shape index (κ3) is 12.1.